The third kappa shape index (κ3) is 4.42. The maximum absolute atomic E-state index is 10.0. The van der Waals surface area contributed by atoms with E-state index < -0.39 is 6.10 Å². The van der Waals surface area contributed by atoms with Crippen molar-refractivity contribution in [2.45, 2.75) is 12.5 Å². The molecule has 4 heteroatoms. The van der Waals surface area contributed by atoms with Gasteiger partial charge in [-0.15, -0.1) is 24.5 Å². The van der Waals surface area contributed by atoms with Crippen LogP contribution in [0.1, 0.15) is 17.4 Å². The SMILES string of the molecule is C=CCN(CC=C)C(=S)C[C@@H](O)c1cccs1. The van der Waals surface area contributed by atoms with Crippen LogP contribution >= 0.6 is 23.6 Å². The fraction of sp³-hybridized carbons (Fsp3) is 0.308. The molecule has 0 bridgehead atoms. The van der Waals surface area contributed by atoms with Gasteiger partial charge in [-0.2, -0.15) is 0 Å². The second-order valence-corrected chi connectivity index (χ2v) is 5.06. The summed E-state index contributed by atoms with van der Waals surface area (Å²) in [6, 6.07) is 3.85. The van der Waals surface area contributed by atoms with E-state index in [4.69, 9.17) is 12.2 Å². The predicted octanol–water partition coefficient (Wildman–Crippen LogP) is 3.17. The minimum atomic E-state index is -0.514. The summed E-state index contributed by atoms with van der Waals surface area (Å²) in [5.41, 5.74) is 0. The number of aliphatic hydroxyl groups is 1. The lowest BCUT2D eigenvalue weighted by atomic mass is 10.2. The highest BCUT2D eigenvalue weighted by molar-refractivity contribution is 7.80. The highest BCUT2D eigenvalue weighted by atomic mass is 32.1. The van der Waals surface area contributed by atoms with Crippen molar-refractivity contribution in [3.63, 3.8) is 0 Å². The zero-order valence-electron chi connectivity index (χ0n) is 9.71. The van der Waals surface area contributed by atoms with Crippen molar-refractivity contribution >= 4 is 28.5 Å². The van der Waals surface area contributed by atoms with E-state index in [1.807, 2.05) is 22.4 Å². The molecule has 1 rings (SSSR count). The van der Waals surface area contributed by atoms with Crippen molar-refractivity contribution in [3.05, 3.63) is 47.7 Å². The Hall–Kier alpha value is -0.970. The molecule has 0 aromatic carbocycles. The Labute approximate surface area is 112 Å². The van der Waals surface area contributed by atoms with E-state index in [0.717, 1.165) is 9.87 Å². The molecule has 0 fully saturated rings. The van der Waals surface area contributed by atoms with Crippen LogP contribution in [-0.4, -0.2) is 28.1 Å². The van der Waals surface area contributed by atoms with E-state index in [0.29, 0.717) is 19.5 Å². The molecule has 0 unspecified atom stereocenters. The lowest BCUT2D eigenvalue weighted by Crippen LogP contribution is -2.30. The van der Waals surface area contributed by atoms with E-state index in [-0.39, 0.29) is 0 Å². The summed E-state index contributed by atoms with van der Waals surface area (Å²) in [5.74, 6) is 0. The van der Waals surface area contributed by atoms with Crippen molar-refractivity contribution in [3.8, 4) is 0 Å². The first-order valence-corrected chi connectivity index (χ1v) is 6.68. The summed E-state index contributed by atoms with van der Waals surface area (Å²) in [4.78, 5) is 3.67. The van der Waals surface area contributed by atoms with E-state index in [2.05, 4.69) is 13.2 Å². The molecule has 1 aromatic rings. The van der Waals surface area contributed by atoms with Crippen LogP contribution in [0.25, 0.3) is 0 Å². The molecule has 1 heterocycles. The van der Waals surface area contributed by atoms with Crippen molar-refractivity contribution in [2.75, 3.05) is 13.1 Å². The van der Waals surface area contributed by atoms with Gasteiger partial charge in [0.05, 0.1) is 11.1 Å². The maximum Gasteiger partial charge on any atom is 0.0944 e. The van der Waals surface area contributed by atoms with Crippen LogP contribution < -0.4 is 0 Å². The van der Waals surface area contributed by atoms with E-state index in [1.54, 1.807) is 23.5 Å². The van der Waals surface area contributed by atoms with E-state index >= 15 is 0 Å². The summed E-state index contributed by atoms with van der Waals surface area (Å²) in [6.07, 6.45) is 3.55. The first-order valence-electron chi connectivity index (χ1n) is 5.40. The molecule has 1 aromatic heterocycles. The lowest BCUT2D eigenvalue weighted by Gasteiger charge is -2.23. The second kappa shape index (κ2) is 7.37. The van der Waals surface area contributed by atoms with Gasteiger partial charge in [0, 0.05) is 24.4 Å². The summed E-state index contributed by atoms with van der Waals surface area (Å²) >= 11 is 6.87. The van der Waals surface area contributed by atoms with Crippen molar-refractivity contribution in [1.29, 1.82) is 0 Å². The molecule has 17 heavy (non-hydrogen) atoms. The Morgan fingerprint density at radius 2 is 2.12 bits per heavy atom. The highest BCUT2D eigenvalue weighted by Gasteiger charge is 2.14. The molecule has 0 saturated carbocycles. The van der Waals surface area contributed by atoms with E-state index in [9.17, 15) is 5.11 Å². The molecule has 0 spiro atoms. The van der Waals surface area contributed by atoms with Crippen LogP contribution in [0.3, 0.4) is 0 Å². The molecular weight excluding hydrogens is 250 g/mol. The Bertz CT molecular complexity index is 363. The van der Waals surface area contributed by atoms with Gasteiger partial charge in [-0.1, -0.05) is 30.4 Å². The van der Waals surface area contributed by atoms with Gasteiger partial charge in [-0.3, -0.25) is 0 Å². The molecule has 92 valence electrons. The summed E-state index contributed by atoms with van der Waals surface area (Å²) in [5, 5.41) is 12.0. The minimum absolute atomic E-state index is 0.470. The first-order chi connectivity index (χ1) is 8.19. The smallest absolute Gasteiger partial charge is 0.0944 e. The number of thiophene rings is 1. The van der Waals surface area contributed by atoms with Crippen molar-refractivity contribution < 1.29 is 5.11 Å². The molecule has 1 N–H and O–H groups in total. The molecule has 0 radical (unpaired) electrons. The Balaban J connectivity index is 2.56. The van der Waals surface area contributed by atoms with Gasteiger partial charge in [-0.05, 0) is 11.4 Å². The van der Waals surface area contributed by atoms with Gasteiger partial charge < -0.3 is 10.0 Å². The number of aliphatic hydroxyl groups excluding tert-OH is 1. The Kier molecular flexibility index (Phi) is 6.11. The molecule has 0 saturated heterocycles. The summed E-state index contributed by atoms with van der Waals surface area (Å²) < 4.78 is 0. The van der Waals surface area contributed by atoms with E-state index in [1.165, 1.54) is 0 Å². The van der Waals surface area contributed by atoms with Crippen LogP contribution in [0.5, 0.6) is 0 Å². The average Bonchev–Trinajstić information content (AvgIpc) is 2.82. The van der Waals surface area contributed by atoms with Gasteiger partial charge >= 0.3 is 0 Å². The van der Waals surface area contributed by atoms with Gasteiger partial charge in [0.2, 0.25) is 0 Å². The topological polar surface area (TPSA) is 23.5 Å². The standard InChI is InChI=1S/C13H17NOS2/c1-3-7-14(8-4-2)13(16)10-11(15)12-6-5-9-17-12/h3-6,9,11,15H,1-2,7-8,10H2/t11-/m1/s1. The van der Waals surface area contributed by atoms with Crippen molar-refractivity contribution in [2.24, 2.45) is 0 Å². The van der Waals surface area contributed by atoms with Crippen molar-refractivity contribution in [1.82, 2.24) is 4.90 Å². The van der Waals surface area contributed by atoms with Crippen LogP contribution in [-0.2, 0) is 0 Å². The molecule has 1 atom stereocenters. The van der Waals surface area contributed by atoms with Crippen LogP contribution in [0.2, 0.25) is 0 Å². The fourth-order valence-corrected chi connectivity index (χ4v) is 2.48. The Morgan fingerprint density at radius 1 is 1.47 bits per heavy atom. The maximum atomic E-state index is 10.0. The molecule has 0 aliphatic carbocycles. The quantitative estimate of drug-likeness (QED) is 0.606. The van der Waals surface area contributed by atoms with Crippen LogP contribution in [0.4, 0.5) is 0 Å². The second-order valence-electron chi connectivity index (χ2n) is 3.61. The molecular formula is C13H17NOS2. The number of rotatable bonds is 7. The van der Waals surface area contributed by atoms with Gasteiger partial charge in [0.1, 0.15) is 0 Å². The fourth-order valence-electron chi connectivity index (χ4n) is 1.47. The zero-order valence-corrected chi connectivity index (χ0v) is 11.3. The third-order valence-electron chi connectivity index (χ3n) is 2.29. The van der Waals surface area contributed by atoms with Crippen LogP contribution in [0.15, 0.2) is 42.8 Å². The molecule has 2 nitrogen and oxygen atoms in total. The number of hydrogen-bond acceptors (Lipinski definition) is 3. The number of nitrogens with zero attached hydrogens (tertiary/aromatic N) is 1. The predicted molar refractivity (Wildman–Crippen MR) is 78.5 cm³/mol. The normalized spacial score (nSPS) is 11.8. The largest absolute Gasteiger partial charge is 0.387 e. The Morgan fingerprint density at radius 3 is 2.59 bits per heavy atom. The van der Waals surface area contributed by atoms with Gasteiger partial charge in [-0.25, -0.2) is 0 Å². The lowest BCUT2D eigenvalue weighted by molar-refractivity contribution is 0.187. The molecule has 0 aliphatic rings. The number of thiocarbonyl (C=S) groups is 1. The monoisotopic (exact) mass is 267 g/mol. The summed E-state index contributed by atoms with van der Waals surface area (Å²) in [6.45, 7) is 8.76. The first kappa shape index (κ1) is 14.1. The minimum Gasteiger partial charge on any atom is -0.387 e. The highest BCUT2D eigenvalue weighted by Crippen LogP contribution is 2.22. The zero-order chi connectivity index (χ0) is 12.7. The van der Waals surface area contributed by atoms with Gasteiger partial charge in [0.25, 0.3) is 0 Å². The van der Waals surface area contributed by atoms with Gasteiger partial charge in [0.15, 0.2) is 0 Å². The average molecular weight is 267 g/mol. The third-order valence-corrected chi connectivity index (χ3v) is 3.69. The summed E-state index contributed by atoms with van der Waals surface area (Å²) in [7, 11) is 0. The molecule has 0 amide bonds. The number of hydrogen-bond donors (Lipinski definition) is 1. The van der Waals surface area contributed by atoms with Crippen LogP contribution in [0, 0.1) is 0 Å². The molecule has 0 aliphatic heterocycles.